The maximum Gasteiger partial charge on any atom is 0.192 e. The highest BCUT2D eigenvalue weighted by Gasteiger charge is 2.26. The Kier molecular flexibility index (Phi) is 3.74. The molecule has 1 atom stereocenters. The molecule has 0 spiro atoms. The zero-order valence-corrected chi connectivity index (χ0v) is 10.8. The monoisotopic (exact) mass is 247 g/mol. The fraction of sp³-hybridized carbons (Fsp3) is 0.308. The van der Waals surface area contributed by atoms with E-state index in [0.717, 1.165) is 13.1 Å². The molecule has 0 amide bonds. The molecule has 3 nitrogen and oxygen atoms in total. The number of guanidine groups is 1. The Morgan fingerprint density at radius 2 is 2.24 bits per heavy atom. The molecule has 0 radical (unpaired) electrons. The first-order valence-electron chi connectivity index (χ1n) is 5.57. The first-order valence-corrected chi connectivity index (χ1v) is 6.80. The van der Waals surface area contributed by atoms with Crippen molar-refractivity contribution < 1.29 is 0 Å². The highest BCUT2D eigenvalue weighted by Crippen LogP contribution is 2.26. The van der Waals surface area contributed by atoms with Crippen LogP contribution < -0.4 is 5.73 Å². The quantitative estimate of drug-likeness (QED) is 0.655. The summed E-state index contributed by atoms with van der Waals surface area (Å²) < 4.78 is 0. The van der Waals surface area contributed by atoms with Gasteiger partial charge in [-0.05, 0) is 24.0 Å². The molecule has 0 aliphatic carbocycles. The van der Waals surface area contributed by atoms with Crippen LogP contribution in [0.3, 0.4) is 0 Å². The molecule has 1 aromatic carbocycles. The molecule has 1 heterocycles. The van der Waals surface area contributed by atoms with Gasteiger partial charge in [-0.3, -0.25) is 4.99 Å². The fourth-order valence-corrected chi connectivity index (χ4v) is 2.41. The summed E-state index contributed by atoms with van der Waals surface area (Å²) in [5.41, 5.74) is 7.13. The van der Waals surface area contributed by atoms with Gasteiger partial charge in [-0.15, -0.1) is 18.3 Å². The number of hydrogen-bond acceptors (Lipinski definition) is 4. The summed E-state index contributed by atoms with van der Waals surface area (Å²) >= 11 is 1.75. The minimum Gasteiger partial charge on any atom is -0.370 e. The lowest BCUT2D eigenvalue weighted by Gasteiger charge is -2.25. The van der Waals surface area contributed by atoms with Crippen LogP contribution in [-0.2, 0) is 0 Å². The van der Waals surface area contributed by atoms with E-state index < -0.39 is 0 Å². The number of thioether (sulfide) groups is 1. The number of benzene rings is 1. The van der Waals surface area contributed by atoms with E-state index in [4.69, 9.17) is 5.73 Å². The number of aliphatic imine (C=N–C) groups is 1. The topological polar surface area (TPSA) is 41.6 Å². The summed E-state index contributed by atoms with van der Waals surface area (Å²) in [4.78, 5) is 7.66. The molecule has 1 unspecified atom stereocenters. The van der Waals surface area contributed by atoms with E-state index in [-0.39, 0.29) is 6.04 Å². The zero-order valence-electron chi connectivity index (χ0n) is 9.97. The molecule has 0 aromatic heterocycles. The second kappa shape index (κ2) is 5.27. The maximum atomic E-state index is 5.87. The largest absolute Gasteiger partial charge is 0.370 e. The number of rotatable bonds is 4. The van der Waals surface area contributed by atoms with Crippen LogP contribution in [0.4, 0.5) is 0 Å². The van der Waals surface area contributed by atoms with Gasteiger partial charge in [0.15, 0.2) is 5.96 Å². The Hall–Kier alpha value is -1.42. The Bertz CT molecular complexity index is 425. The van der Waals surface area contributed by atoms with Crippen LogP contribution in [0.15, 0.2) is 46.8 Å². The molecule has 0 fully saturated rings. The van der Waals surface area contributed by atoms with Crippen molar-refractivity contribution in [2.24, 2.45) is 10.7 Å². The second-order valence-corrected chi connectivity index (χ2v) is 4.81. The molecule has 0 saturated heterocycles. The van der Waals surface area contributed by atoms with E-state index in [1.165, 1.54) is 10.5 Å². The summed E-state index contributed by atoms with van der Waals surface area (Å²) in [6, 6.07) is 8.84. The molecular formula is C13H17N3S. The van der Waals surface area contributed by atoms with E-state index in [1.54, 1.807) is 11.8 Å². The van der Waals surface area contributed by atoms with Crippen molar-refractivity contribution in [3.8, 4) is 0 Å². The maximum absolute atomic E-state index is 5.87. The van der Waals surface area contributed by atoms with E-state index in [0.29, 0.717) is 5.96 Å². The summed E-state index contributed by atoms with van der Waals surface area (Å²) in [7, 11) is 0. The first kappa shape index (κ1) is 12.0. The lowest BCUT2D eigenvalue weighted by atomic mass is 10.1. The standard InChI is InChI=1S/C13H17N3S/c1-3-8-16-12(9-15-13(16)14)10-4-6-11(17-2)7-5-10/h3-7,12H,1,8-9H2,2H3,(H2,14,15). The van der Waals surface area contributed by atoms with Crippen molar-refractivity contribution in [3.05, 3.63) is 42.5 Å². The highest BCUT2D eigenvalue weighted by molar-refractivity contribution is 7.98. The molecule has 1 aromatic rings. The van der Waals surface area contributed by atoms with Crippen LogP contribution in [0.1, 0.15) is 11.6 Å². The molecule has 1 aliphatic rings. The summed E-state index contributed by atoms with van der Waals surface area (Å²) in [6.45, 7) is 5.23. The van der Waals surface area contributed by atoms with Gasteiger partial charge in [0.2, 0.25) is 0 Å². The SMILES string of the molecule is C=CCN1C(N)=NCC1c1ccc(SC)cc1. The van der Waals surface area contributed by atoms with E-state index in [1.807, 2.05) is 6.08 Å². The first-order chi connectivity index (χ1) is 8.26. The molecule has 17 heavy (non-hydrogen) atoms. The third kappa shape index (κ3) is 2.47. The number of hydrogen-bond donors (Lipinski definition) is 1. The molecule has 2 rings (SSSR count). The third-order valence-electron chi connectivity index (χ3n) is 2.92. The van der Waals surface area contributed by atoms with Gasteiger partial charge in [-0.2, -0.15) is 0 Å². The molecule has 4 heteroatoms. The third-order valence-corrected chi connectivity index (χ3v) is 3.67. The zero-order chi connectivity index (χ0) is 12.3. The molecule has 90 valence electrons. The van der Waals surface area contributed by atoms with Crippen LogP contribution >= 0.6 is 11.8 Å². The van der Waals surface area contributed by atoms with E-state index in [9.17, 15) is 0 Å². The highest BCUT2D eigenvalue weighted by atomic mass is 32.2. The van der Waals surface area contributed by atoms with Crippen molar-refractivity contribution >= 4 is 17.7 Å². The fourth-order valence-electron chi connectivity index (χ4n) is 2.00. The average molecular weight is 247 g/mol. The molecule has 0 saturated carbocycles. The molecule has 1 aliphatic heterocycles. The van der Waals surface area contributed by atoms with E-state index in [2.05, 4.69) is 47.0 Å². The Morgan fingerprint density at radius 3 is 2.82 bits per heavy atom. The van der Waals surface area contributed by atoms with Gasteiger partial charge in [-0.25, -0.2) is 0 Å². The number of nitrogens with zero attached hydrogens (tertiary/aromatic N) is 2. The molecular weight excluding hydrogens is 230 g/mol. The van der Waals surface area contributed by atoms with Crippen LogP contribution in [0.25, 0.3) is 0 Å². The van der Waals surface area contributed by atoms with Crippen molar-refractivity contribution in [2.75, 3.05) is 19.3 Å². The van der Waals surface area contributed by atoms with Gasteiger partial charge in [0.25, 0.3) is 0 Å². The summed E-state index contributed by atoms with van der Waals surface area (Å²) in [6.07, 6.45) is 3.94. The van der Waals surface area contributed by atoms with Gasteiger partial charge < -0.3 is 10.6 Å². The minimum atomic E-state index is 0.254. The Morgan fingerprint density at radius 1 is 1.53 bits per heavy atom. The second-order valence-electron chi connectivity index (χ2n) is 3.93. The van der Waals surface area contributed by atoms with Crippen molar-refractivity contribution in [1.82, 2.24) is 4.90 Å². The van der Waals surface area contributed by atoms with Crippen LogP contribution in [0, 0.1) is 0 Å². The van der Waals surface area contributed by atoms with Gasteiger partial charge in [-0.1, -0.05) is 18.2 Å². The summed E-state index contributed by atoms with van der Waals surface area (Å²) in [5, 5.41) is 0. The predicted molar refractivity (Wildman–Crippen MR) is 74.4 cm³/mol. The van der Waals surface area contributed by atoms with Crippen LogP contribution in [0.2, 0.25) is 0 Å². The lowest BCUT2D eigenvalue weighted by molar-refractivity contribution is 0.380. The van der Waals surface area contributed by atoms with Gasteiger partial charge in [0, 0.05) is 11.4 Å². The average Bonchev–Trinajstić information content (AvgIpc) is 2.72. The van der Waals surface area contributed by atoms with Gasteiger partial charge >= 0.3 is 0 Å². The van der Waals surface area contributed by atoms with Crippen LogP contribution in [0.5, 0.6) is 0 Å². The van der Waals surface area contributed by atoms with Gasteiger partial charge in [0.05, 0.1) is 12.6 Å². The lowest BCUT2D eigenvalue weighted by Crippen LogP contribution is -2.36. The van der Waals surface area contributed by atoms with Crippen LogP contribution in [-0.4, -0.2) is 30.2 Å². The Labute approximate surface area is 106 Å². The normalized spacial score (nSPS) is 19.2. The van der Waals surface area contributed by atoms with Gasteiger partial charge in [0.1, 0.15) is 0 Å². The van der Waals surface area contributed by atoms with Crippen molar-refractivity contribution in [2.45, 2.75) is 10.9 Å². The van der Waals surface area contributed by atoms with E-state index >= 15 is 0 Å². The Balaban J connectivity index is 2.18. The molecule has 2 N–H and O–H groups in total. The predicted octanol–water partition coefficient (Wildman–Crippen LogP) is 2.27. The summed E-state index contributed by atoms with van der Waals surface area (Å²) in [5.74, 6) is 0.615. The smallest absolute Gasteiger partial charge is 0.192 e. The number of nitrogens with two attached hydrogens (primary N) is 1. The van der Waals surface area contributed by atoms with Crippen molar-refractivity contribution in [1.29, 1.82) is 0 Å². The molecule has 0 bridgehead atoms. The minimum absolute atomic E-state index is 0.254. The van der Waals surface area contributed by atoms with Crippen molar-refractivity contribution in [3.63, 3.8) is 0 Å².